The summed E-state index contributed by atoms with van der Waals surface area (Å²) in [5, 5.41) is 5.15. The highest BCUT2D eigenvalue weighted by Crippen LogP contribution is 2.29. The number of nitrogens with one attached hydrogen (secondary N) is 1. The van der Waals surface area contributed by atoms with E-state index in [1.807, 2.05) is 25.7 Å². The third kappa shape index (κ3) is 4.80. The Morgan fingerprint density at radius 2 is 2.14 bits per heavy atom. The molecule has 0 saturated heterocycles. The van der Waals surface area contributed by atoms with Gasteiger partial charge in [-0.3, -0.25) is 14.7 Å². The van der Waals surface area contributed by atoms with Gasteiger partial charge in [0.25, 0.3) is 5.91 Å². The number of aryl methyl sites for hydroxylation is 1. The van der Waals surface area contributed by atoms with E-state index in [1.165, 1.54) is 16.0 Å². The maximum Gasteiger partial charge on any atom is 0.252 e. The van der Waals surface area contributed by atoms with E-state index >= 15 is 0 Å². The zero-order chi connectivity index (χ0) is 20.3. The van der Waals surface area contributed by atoms with Crippen LogP contribution in [0.3, 0.4) is 0 Å². The standard InChI is InChI=1S/C22H32N4OS/c1-6-16-7-8-17(23-11-16)12-26-10-9-18-19(14-28-20(18)13-26)21(27)24-15-22(2,3)25(4)5/h7-8,11,14H,6,9-10,12-13,15H2,1-5H3,(H,24,27). The fourth-order valence-electron chi connectivity index (χ4n) is 3.24. The van der Waals surface area contributed by atoms with Crippen molar-refractivity contribution >= 4 is 17.2 Å². The van der Waals surface area contributed by atoms with Gasteiger partial charge in [0.2, 0.25) is 0 Å². The molecule has 0 spiro atoms. The lowest BCUT2D eigenvalue weighted by molar-refractivity contribution is 0.0918. The van der Waals surface area contributed by atoms with Gasteiger partial charge >= 0.3 is 0 Å². The number of carbonyl (C=O) groups is 1. The Labute approximate surface area is 172 Å². The van der Waals surface area contributed by atoms with Crippen LogP contribution < -0.4 is 5.32 Å². The second-order valence-corrected chi connectivity index (χ2v) is 9.38. The van der Waals surface area contributed by atoms with Crippen molar-refractivity contribution in [1.29, 1.82) is 0 Å². The van der Waals surface area contributed by atoms with E-state index in [1.54, 1.807) is 11.3 Å². The molecule has 5 nitrogen and oxygen atoms in total. The topological polar surface area (TPSA) is 48.5 Å². The van der Waals surface area contributed by atoms with Crippen molar-refractivity contribution in [2.75, 3.05) is 27.2 Å². The molecule has 2 aromatic rings. The van der Waals surface area contributed by atoms with Gasteiger partial charge in [-0.15, -0.1) is 11.3 Å². The first-order chi connectivity index (χ1) is 13.3. The predicted octanol–water partition coefficient (Wildman–Crippen LogP) is 3.33. The van der Waals surface area contributed by atoms with Crippen molar-refractivity contribution in [1.82, 2.24) is 20.1 Å². The Bertz CT molecular complexity index is 810. The summed E-state index contributed by atoms with van der Waals surface area (Å²) in [6, 6.07) is 4.30. The Hall–Kier alpha value is -1.76. The number of fused-ring (bicyclic) bond motifs is 1. The number of hydrogen-bond donors (Lipinski definition) is 1. The van der Waals surface area contributed by atoms with Gasteiger partial charge in [0.05, 0.1) is 11.3 Å². The predicted molar refractivity (Wildman–Crippen MR) is 116 cm³/mol. The molecule has 0 bridgehead atoms. The van der Waals surface area contributed by atoms with Gasteiger partial charge in [-0.05, 0) is 58.0 Å². The third-order valence-electron chi connectivity index (χ3n) is 5.84. The SMILES string of the molecule is CCc1ccc(CN2CCc3c(C(=O)NCC(C)(C)N(C)C)csc3C2)nc1. The number of thiophene rings is 1. The lowest BCUT2D eigenvalue weighted by atomic mass is 10.0. The molecule has 0 fully saturated rings. The molecule has 3 rings (SSSR count). The van der Waals surface area contributed by atoms with Crippen LogP contribution in [0.2, 0.25) is 0 Å². The summed E-state index contributed by atoms with van der Waals surface area (Å²) in [5.74, 6) is 0.0534. The lowest BCUT2D eigenvalue weighted by Gasteiger charge is -2.32. The number of hydrogen-bond acceptors (Lipinski definition) is 5. The van der Waals surface area contributed by atoms with Crippen LogP contribution >= 0.6 is 11.3 Å². The van der Waals surface area contributed by atoms with Gasteiger partial charge in [0.15, 0.2) is 0 Å². The smallest absolute Gasteiger partial charge is 0.252 e. The quantitative estimate of drug-likeness (QED) is 0.774. The van der Waals surface area contributed by atoms with Gasteiger partial charge in [0, 0.05) is 48.2 Å². The van der Waals surface area contributed by atoms with Crippen LogP contribution in [-0.2, 0) is 25.9 Å². The summed E-state index contributed by atoms with van der Waals surface area (Å²) in [6.07, 6.45) is 3.92. The Kier molecular flexibility index (Phi) is 6.53. The highest BCUT2D eigenvalue weighted by atomic mass is 32.1. The Balaban J connectivity index is 1.61. The summed E-state index contributed by atoms with van der Waals surface area (Å²) in [6.45, 7) is 9.77. The molecule has 28 heavy (non-hydrogen) atoms. The number of nitrogens with zero attached hydrogens (tertiary/aromatic N) is 3. The van der Waals surface area contributed by atoms with Gasteiger partial charge in [-0.25, -0.2) is 0 Å². The average molecular weight is 401 g/mol. The molecule has 0 aliphatic carbocycles. The van der Waals surface area contributed by atoms with Crippen molar-refractivity contribution in [3.05, 3.63) is 51.0 Å². The second kappa shape index (κ2) is 8.72. The highest BCUT2D eigenvalue weighted by molar-refractivity contribution is 7.10. The highest BCUT2D eigenvalue weighted by Gasteiger charge is 2.26. The molecule has 0 radical (unpaired) electrons. The normalized spacial score (nSPS) is 14.9. The molecule has 0 saturated carbocycles. The molecule has 3 heterocycles. The molecule has 1 N–H and O–H groups in total. The first-order valence-corrected chi connectivity index (χ1v) is 10.9. The molecule has 0 atom stereocenters. The molecule has 1 amide bonds. The largest absolute Gasteiger partial charge is 0.350 e. The number of carbonyl (C=O) groups excluding carboxylic acids is 1. The first kappa shape index (κ1) is 21.0. The molecule has 0 aromatic carbocycles. The molecule has 0 unspecified atom stereocenters. The van der Waals surface area contributed by atoms with E-state index in [0.717, 1.165) is 43.7 Å². The molecule has 1 aliphatic heterocycles. The molecular formula is C22H32N4OS. The average Bonchev–Trinajstić information content (AvgIpc) is 3.10. The number of amides is 1. The van der Waals surface area contributed by atoms with Crippen LogP contribution in [0.15, 0.2) is 23.7 Å². The Morgan fingerprint density at radius 1 is 1.36 bits per heavy atom. The van der Waals surface area contributed by atoms with Crippen molar-refractivity contribution in [3.63, 3.8) is 0 Å². The maximum absolute atomic E-state index is 12.7. The van der Waals surface area contributed by atoms with Crippen LogP contribution in [0.5, 0.6) is 0 Å². The minimum Gasteiger partial charge on any atom is -0.350 e. The minimum atomic E-state index is -0.0666. The molecule has 2 aromatic heterocycles. The minimum absolute atomic E-state index is 0.0534. The van der Waals surface area contributed by atoms with Crippen LogP contribution in [-0.4, -0.2) is 53.4 Å². The first-order valence-electron chi connectivity index (χ1n) is 10.0. The Morgan fingerprint density at radius 3 is 2.79 bits per heavy atom. The number of aromatic nitrogens is 1. The fraction of sp³-hybridized carbons (Fsp3) is 0.545. The van der Waals surface area contributed by atoms with Crippen LogP contribution in [0, 0.1) is 0 Å². The number of pyridine rings is 1. The van der Waals surface area contributed by atoms with E-state index in [0.29, 0.717) is 6.54 Å². The van der Waals surface area contributed by atoms with Crippen LogP contribution in [0.4, 0.5) is 0 Å². The zero-order valence-electron chi connectivity index (χ0n) is 17.7. The number of rotatable bonds is 7. The summed E-state index contributed by atoms with van der Waals surface area (Å²) in [5.41, 5.74) is 4.41. The van der Waals surface area contributed by atoms with E-state index in [2.05, 4.69) is 53.0 Å². The third-order valence-corrected chi connectivity index (χ3v) is 6.86. The van der Waals surface area contributed by atoms with Gasteiger partial charge in [-0.1, -0.05) is 13.0 Å². The van der Waals surface area contributed by atoms with E-state index in [4.69, 9.17) is 0 Å². The second-order valence-electron chi connectivity index (χ2n) is 8.41. The van der Waals surface area contributed by atoms with Gasteiger partial charge < -0.3 is 10.2 Å². The zero-order valence-corrected chi connectivity index (χ0v) is 18.5. The number of likely N-dealkylation sites (N-methyl/N-ethyl adjacent to an activating group) is 1. The van der Waals surface area contributed by atoms with Crippen LogP contribution in [0.25, 0.3) is 0 Å². The molecule has 1 aliphatic rings. The molecule has 152 valence electrons. The van der Waals surface area contributed by atoms with Crippen molar-refractivity contribution in [2.45, 2.75) is 52.2 Å². The monoisotopic (exact) mass is 400 g/mol. The fourth-order valence-corrected chi connectivity index (χ4v) is 4.36. The van der Waals surface area contributed by atoms with Crippen LogP contribution in [0.1, 0.15) is 52.8 Å². The van der Waals surface area contributed by atoms with Crippen molar-refractivity contribution in [2.24, 2.45) is 0 Å². The summed E-state index contributed by atoms with van der Waals surface area (Å²) < 4.78 is 0. The molecular weight excluding hydrogens is 368 g/mol. The summed E-state index contributed by atoms with van der Waals surface area (Å²) >= 11 is 1.71. The maximum atomic E-state index is 12.7. The van der Waals surface area contributed by atoms with Gasteiger partial charge in [-0.2, -0.15) is 0 Å². The van der Waals surface area contributed by atoms with Crippen molar-refractivity contribution < 1.29 is 4.79 Å². The van der Waals surface area contributed by atoms with E-state index in [9.17, 15) is 4.79 Å². The molecule has 6 heteroatoms. The summed E-state index contributed by atoms with van der Waals surface area (Å²) in [7, 11) is 4.08. The van der Waals surface area contributed by atoms with E-state index in [-0.39, 0.29) is 11.4 Å². The van der Waals surface area contributed by atoms with Gasteiger partial charge in [0.1, 0.15) is 0 Å². The lowest BCUT2D eigenvalue weighted by Crippen LogP contribution is -2.48. The van der Waals surface area contributed by atoms with E-state index < -0.39 is 0 Å². The van der Waals surface area contributed by atoms with Crippen molar-refractivity contribution in [3.8, 4) is 0 Å². The summed E-state index contributed by atoms with van der Waals surface area (Å²) in [4.78, 5) is 23.2.